The highest BCUT2D eigenvalue weighted by Gasteiger charge is 2.56. The highest BCUT2D eigenvalue weighted by molar-refractivity contribution is 6.31. The summed E-state index contributed by atoms with van der Waals surface area (Å²) in [6, 6.07) is 12.8. The molecule has 1 aliphatic carbocycles. The van der Waals surface area contributed by atoms with E-state index >= 15 is 0 Å². The van der Waals surface area contributed by atoms with Crippen molar-refractivity contribution in [3.05, 3.63) is 63.6 Å². The summed E-state index contributed by atoms with van der Waals surface area (Å²) in [5.41, 5.74) is 1.66. The molecular formula is C20H20Cl2N2O2. The van der Waals surface area contributed by atoms with Gasteiger partial charge in [-0.2, -0.15) is 0 Å². The van der Waals surface area contributed by atoms with E-state index in [-0.39, 0.29) is 11.8 Å². The van der Waals surface area contributed by atoms with Gasteiger partial charge in [0.2, 0.25) is 11.8 Å². The molecule has 2 aromatic rings. The van der Waals surface area contributed by atoms with Crippen LogP contribution >= 0.6 is 23.2 Å². The van der Waals surface area contributed by atoms with Gasteiger partial charge < -0.3 is 10.6 Å². The van der Waals surface area contributed by atoms with Crippen LogP contribution in [0.5, 0.6) is 0 Å². The Kier molecular flexibility index (Phi) is 5.54. The molecule has 1 fully saturated rings. The highest BCUT2D eigenvalue weighted by Crippen LogP contribution is 2.46. The number of rotatable bonds is 6. The van der Waals surface area contributed by atoms with E-state index in [9.17, 15) is 9.59 Å². The largest absolute Gasteiger partial charge is 0.355 e. The van der Waals surface area contributed by atoms with Crippen LogP contribution in [0.25, 0.3) is 0 Å². The maximum absolute atomic E-state index is 12.6. The number of nitrogens with one attached hydrogen (secondary N) is 2. The molecule has 0 aliphatic heterocycles. The topological polar surface area (TPSA) is 58.2 Å². The molecule has 0 aromatic heterocycles. The molecule has 0 saturated heterocycles. The minimum atomic E-state index is -0.961. The van der Waals surface area contributed by atoms with E-state index < -0.39 is 5.41 Å². The molecule has 2 N–H and O–H groups in total. The summed E-state index contributed by atoms with van der Waals surface area (Å²) in [6.45, 7) is 2.37. The molecule has 1 aliphatic rings. The Morgan fingerprint density at radius 3 is 2.35 bits per heavy atom. The van der Waals surface area contributed by atoms with Gasteiger partial charge in [-0.05, 0) is 61.6 Å². The van der Waals surface area contributed by atoms with Crippen molar-refractivity contribution in [3.63, 3.8) is 0 Å². The number of hydrogen-bond acceptors (Lipinski definition) is 2. The van der Waals surface area contributed by atoms with Gasteiger partial charge in [0.05, 0.1) is 0 Å². The molecule has 26 heavy (non-hydrogen) atoms. The van der Waals surface area contributed by atoms with Crippen LogP contribution < -0.4 is 10.6 Å². The van der Waals surface area contributed by atoms with Gasteiger partial charge in [-0.3, -0.25) is 9.59 Å². The van der Waals surface area contributed by atoms with Crippen molar-refractivity contribution in [2.75, 3.05) is 11.9 Å². The number of hydrogen-bond donors (Lipinski definition) is 2. The van der Waals surface area contributed by atoms with Crippen LogP contribution in [0.3, 0.4) is 0 Å². The molecule has 136 valence electrons. The second-order valence-electron chi connectivity index (χ2n) is 6.63. The van der Waals surface area contributed by atoms with E-state index in [1.807, 2.05) is 37.3 Å². The third kappa shape index (κ3) is 4.19. The van der Waals surface area contributed by atoms with Gasteiger partial charge in [-0.15, -0.1) is 0 Å². The molecule has 0 heterocycles. The summed E-state index contributed by atoms with van der Waals surface area (Å²) in [5, 5.41) is 6.95. The second kappa shape index (κ2) is 7.68. The Bertz CT molecular complexity index is 830. The standard InChI is InChI=1S/C20H20Cl2N2O2/c1-13-2-7-16(12-17(13)22)24-19(26)20(9-10-20)18(25)23-11-8-14-3-5-15(21)6-4-14/h2-7,12H,8-11H2,1H3,(H,23,25)(H,24,26). The van der Waals surface area contributed by atoms with E-state index in [1.54, 1.807) is 12.1 Å². The molecule has 3 rings (SSSR count). The van der Waals surface area contributed by atoms with E-state index in [1.165, 1.54) is 0 Å². The third-order valence-corrected chi connectivity index (χ3v) is 5.32. The summed E-state index contributed by atoms with van der Waals surface area (Å²) in [5.74, 6) is -0.497. The first-order chi connectivity index (χ1) is 12.4. The van der Waals surface area contributed by atoms with E-state index in [0.717, 1.165) is 11.1 Å². The van der Waals surface area contributed by atoms with Crippen molar-refractivity contribution >= 4 is 40.7 Å². The zero-order valence-electron chi connectivity index (χ0n) is 14.4. The number of aryl methyl sites for hydroxylation is 1. The van der Waals surface area contributed by atoms with E-state index in [2.05, 4.69) is 10.6 Å². The van der Waals surface area contributed by atoms with Crippen molar-refractivity contribution in [2.45, 2.75) is 26.2 Å². The summed E-state index contributed by atoms with van der Waals surface area (Å²) >= 11 is 11.9. The fourth-order valence-electron chi connectivity index (χ4n) is 2.74. The lowest BCUT2D eigenvalue weighted by atomic mass is 10.0. The summed E-state index contributed by atoms with van der Waals surface area (Å²) in [7, 11) is 0. The van der Waals surface area contributed by atoms with Crippen LogP contribution in [-0.4, -0.2) is 18.4 Å². The first-order valence-electron chi connectivity index (χ1n) is 8.51. The number of benzene rings is 2. The quantitative estimate of drug-likeness (QED) is 0.718. The summed E-state index contributed by atoms with van der Waals surface area (Å²) < 4.78 is 0. The van der Waals surface area contributed by atoms with Gasteiger partial charge in [-0.25, -0.2) is 0 Å². The fraction of sp³-hybridized carbons (Fsp3) is 0.300. The minimum Gasteiger partial charge on any atom is -0.355 e. The first-order valence-corrected chi connectivity index (χ1v) is 9.27. The maximum Gasteiger partial charge on any atom is 0.240 e. The summed E-state index contributed by atoms with van der Waals surface area (Å²) in [6.07, 6.45) is 1.81. The normalized spacial score (nSPS) is 14.6. The van der Waals surface area contributed by atoms with Crippen molar-refractivity contribution in [2.24, 2.45) is 5.41 Å². The Morgan fingerprint density at radius 1 is 1.04 bits per heavy atom. The van der Waals surface area contributed by atoms with Gasteiger partial charge >= 0.3 is 0 Å². The van der Waals surface area contributed by atoms with Gasteiger partial charge in [0.25, 0.3) is 0 Å². The predicted molar refractivity (Wildman–Crippen MR) is 105 cm³/mol. The number of anilines is 1. The molecule has 1 saturated carbocycles. The molecule has 2 amide bonds. The maximum atomic E-state index is 12.6. The average Bonchev–Trinajstić information content (AvgIpc) is 3.42. The van der Waals surface area contributed by atoms with Crippen LogP contribution in [-0.2, 0) is 16.0 Å². The molecule has 0 bridgehead atoms. The van der Waals surface area contributed by atoms with Crippen LogP contribution in [0.1, 0.15) is 24.0 Å². The molecule has 4 nitrogen and oxygen atoms in total. The predicted octanol–water partition coefficient (Wildman–Crippen LogP) is 4.38. The average molecular weight is 391 g/mol. The van der Waals surface area contributed by atoms with Gasteiger partial charge in [0.15, 0.2) is 0 Å². The molecule has 6 heteroatoms. The number of amides is 2. The van der Waals surface area contributed by atoms with E-state index in [4.69, 9.17) is 23.2 Å². The monoisotopic (exact) mass is 390 g/mol. The molecular weight excluding hydrogens is 371 g/mol. The lowest BCUT2D eigenvalue weighted by Crippen LogP contribution is -2.40. The Labute approximate surface area is 162 Å². The SMILES string of the molecule is Cc1ccc(NC(=O)C2(C(=O)NCCc3ccc(Cl)cc3)CC2)cc1Cl. The third-order valence-electron chi connectivity index (χ3n) is 4.66. The van der Waals surface area contributed by atoms with Gasteiger partial charge in [-0.1, -0.05) is 41.4 Å². The highest BCUT2D eigenvalue weighted by atomic mass is 35.5. The Balaban J connectivity index is 1.55. The lowest BCUT2D eigenvalue weighted by Gasteiger charge is -2.16. The Hall–Kier alpha value is -2.04. The molecule has 0 atom stereocenters. The van der Waals surface area contributed by atoms with Crippen molar-refractivity contribution < 1.29 is 9.59 Å². The fourth-order valence-corrected chi connectivity index (χ4v) is 3.05. The van der Waals surface area contributed by atoms with Gasteiger partial charge in [0, 0.05) is 22.3 Å². The molecule has 0 unspecified atom stereocenters. The van der Waals surface area contributed by atoms with E-state index in [0.29, 0.717) is 41.5 Å². The molecule has 2 aromatic carbocycles. The zero-order chi connectivity index (χ0) is 18.7. The summed E-state index contributed by atoms with van der Waals surface area (Å²) in [4.78, 5) is 25.1. The van der Waals surface area contributed by atoms with Crippen LogP contribution in [0.2, 0.25) is 10.0 Å². The van der Waals surface area contributed by atoms with Gasteiger partial charge in [0.1, 0.15) is 5.41 Å². The Morgan fingerprint density at radius 2 is 1.73 bits per heavy atom. The second-order valence-corrected chi connectivity index (χ2v) is 7.48. The van der Waals surface area contributed by atoms with Crippen molar-refractivity contribution in [3.8, 4) is 0 Å². The lowest BCUT2D eigenvalue weighted by molar-refractivity contribution is -0.134. The first kappa shape index (κ1) is 18.7. The van der Waals surface area contributed by atoms with Crippen molar-refractivity contribution in [1.82, 2.24) is 5.32 Å². The van der Waals surface area contributed by atoms with Crippen molar-refractivity contribution in [1.29, 1.82) is 0 Å². The van der Waals surface area contributed by atoms with Crippen LogP contribution in [0, 0.1) is 12.3 Å². The van der Waals surface area contributed by atoms with Crippen LogP contribution in [0.4, 0.5) is 5.69 Å². The minimum absolute atomic E-state index is 0.220. The number of halogens is 2. The number of carbonyl (C=O) groups excluding carboxylic acids is 2. The molecule has 0 spiro atoms. The zero-order valence-corrected chi connectivity index (χ0v) is 16.0. The number of carbonyl (C=O) groups is 2. The molecule has 0 radical (unpaired) electrons. The van der Waals surface area contributed by atoms with Crippen LogP contribution in [0.15, 0.2) is 42.5 Å². The smallest absolute Gasteiger partial charge is 0.240 e.